The van der Waals surface area contributed by atoms with Crippen LogP contribution >= 0.6 is 11.3 Å². The van der Waals surface area contributed by atoms with Crippen LogP contribution in [0.5, 0.6) is 0 Å². The number of benzene rings is 1. The quantitative estimate of drug-likeness (QED) is 0.463. The molecule has 0 unspecified atom stereocenters. The zero-order valence-corrected chi connectivity index (χ0v) is 22.9. The van der Waals surface area contributed by atoms with Crippen LogP contribution in [0.25, 0.3) is 12.2 Å². The van der Waals surface area contributed by atoms with Crippen molar-refractivity contribution in [1.82, 2.24) is 8.87 Å². The molecule has 1 aliphatic rings. The molecule has 202 valence electrons. The van der Waals surface area contributed by atoms with Crippen LogP contribution < -0.4 is 20.1 Å². The maximum Gasteiger partial charge on any atom is 0.269 e. The standard InChI is InChI=1S/C26H29N3O7S2/c1-26(2,3)22(30)16-24-29(25(32)21(37-24)15-19-5-4-12-36-19)17-23(31)27-18-6-8-20(9-7-18)38(33,34)28-10-13-35-14-11-28/h4-9,12,15-16H,10-11,13-14,17H2,1-3H3,(H,27,31)/b21-15-,24-16-. The first kappa shape index (κ1) is 27.7. The summed E-state index contributed by atoms with van der Waals surface area (Å²) in [5.41, 5.74) is -0.722. The number of nitrogens with one attached hydrogen (secondary N) is 1. The van der Waals surface area contributed by atoms with Gasteiger partial charge in [-0.2, -0.15) is 4.31 Å². The van der Waals surface area contributed by atoms with Gasteiger partial charge in [0.25, 0.3) is 5.56 Å². The summed E-state index contributed by atoms with van der Waals surface area (Å²) in [6.45, 7) is 6.24. The van der Waals surface area contributed by atoms with Gasteiger partial charge >= 0.3 is 0 Å². The summed E-state index contributed by atoms with van der Waals surface area (Å²) in [5.74, 6) is -0.216. The monoisotopic (exact) mass is 559 g/mol. The van der Waals surface area contributed by atoms with Crippen LogP contribution in [0.15, 0.2) is 56.8 Å². The highest BCUT2D eigenvalue weighted by Crippen LogP contribution is 2.19. The lowest BCUT2D eigenvalue weighted by Gasteiger charge is -2.26. The lowest BCUT2D eigenvalue weighted by Crippen LogP contribution is -2.40. The van der Waals surface area contributed by atoms with Crippen molar-refractivity contribution in [2.24, 2.45) is 5.41 Å². The molecule has 0 radical (unpaired) electrons. The van der Waals surface area contributed by atoms with Crippen LogP contribution in [0, 0.1) is 5.41 Å². The molecular formula is C26H29N3O7S2. The van der Waals surface area contributed by atoms with Gasteiger partial charge in [0.2, 0.25) is 15.9 Å². The third-order valence-electron chi connectivity index (χ3n) is 5.79. The van der Waals surface area contributed by atoms with Crippen LogP contribution in [0.1, 0.15) is 26.5 Å². The predicted molar refractivity (Wildman–Crippen MR) is 144 cm³/mol. The van der Waals surface area contributed by atoms with Gasteiger partial charge in [-0.1, -0.05) is 20.8 Å². The van der Waals surface area contributed by atoms with Gasteiger partial charge in [0.15, 0.2) is 5.78 Å². The first-order valence-electron chi connectivity index (χ1n) is 11.9. The SMILES string of the molecule is CC(C)(C)C(=O)/C=c1\s/c(=C\c2ccco2)c(=O)n1CC(=O)Nc1ccc(S(=O)(=O)N2CCOCC2)cc1. The van der Waals surface area contributed by atoms with Gasteiger partial charge in [0.1, 0.15) is 17.0 Å². The van der Waals surface area contributed by atoms with Gasteiger partial charge < -0.3 is 14.5 Å². The zero-order valence-electron chi connectivity index (χ0n) is 21.3. The van der Waals surface area contributed by atoms with Crippen molar-refractivity contribution in [3.63, 3.8) is 0 Å². The van der Waals surface area contributed by atoms with Gasteiger partial charge in [0, 0.05) is 36.3 Å². The highest BCUT2D eigenvalue weighted by molar-refractivity contribution is 7.89. The average molecular weight is 560 g/mol. The Morgan fingerprint density at radius 3 is 2.39 bits per heavy atom. The molecule has 0 bridgehead atoms. The van der Waals surface area contributed by atoms with Gasteiger partial charge in [-0.15, -0.1) is 11.3 Å². The summed E-state index contributed by atoms with van der Waals surface area (Å²) in [6, 6.07) is 9.23. The molecule has 1 fully saturated rings. The molecule has 3 aromatic rings. The first-order valence-corrected chi connectivity index (χ1v) is 14.2. The number of ether oxygens (including phenoxy) is 1. The lowest BCUT2D eigenvalue weighted by atomic mass is 9.91. The van der Waals surface area contributed by atoms with Gasteiger partial charge in [0.05, 0.1) is 28.9 Å². The van der Waals surface area contributed by atoms with Gasteiger partial charge in [-0.3, -0.25) is 19.0 Å². The van der Waals surface area contributed by atoms with E-state index in [-0.39, 0.29) is 30.3 Å². The van der Waals surface area contributed by atoms with E-state index in [1.54, 1.807) is 39.0 Å². The van der Waals surface area contributed by atoms with E-state index >= 15 is 0 Å². The number of furan rings is 1. The third kappa shape index (κ3) is 6.38. The van der Waals surface area contributed by atoms with Crippen molar-refractivity contribution >= 4 is 50.9 Å². The number of thiazole rings is 1. The normalized spacial score (nSPS) is 16.1. The molecule has 4 rings (SSSR count). The maximum absolute atomic E-state index is 13.1. The second-order valence-corrected chi connectivity index (χ2v) is 12.7. The van der Waals surface area contributed by atoms with Crippen molar-refractivity contribution in [2.75, 3.05) is 31.6 Å². The summed E-state index contributed by atoms with van der Waals surface area (Å²) in [7, 11) is -3.66. The number of ketones is 1. The van der Waals surface area contributed by atoms with E-state index in [1.165, 1.54) is 45.5 Å². The minimum absolute atomic E-state index is 0.113. The predicted octanol–water partition coefficient (Wildman–Crippen LogP) is 1.39. The number of hydrogen-bond donors (Lipinski definition) is 1. The molecule has 3 heterocycles. The number of morpholine rings is 1. The van der Waals surface area contributed by atoms with Crippen molar-refractivity contribution in [3.8, 4) is 0 Å². The number of Topliss-reactive ketones (excluding diaryl/α,β-unsaturated/α-hetero) is 1. The Hall–Kier alpha value is -3.32. The first-order chi connectivity index (χ1) is 17.9. The van der Waals surface area contributed by atoms with Crippen LogP contribution in [-0.4, -0.2) is 55.3 Å². The number of carbonyl (C=O) groups is 2. The molecule has 1 amide bonds. The van der Waals surface area contributed by atoms with E-state index in [4.69, 9.17) is 9.15 Å². The van der Waals surface area contributed by atoms with E-state index in [0.29, 0.717) is 33.9 Å². The van der Waals surface area contributed by atoms with Crippen molar-refractivity contribution in [2.45, 2.75) is 32.2 Å². The number of rotatable bonds is 7. The zero-order chi connectivity index (χ0) is 27.5. The molecule has 1 N–H and O–H groups in total. The third-order valence-corrected chi connectivity index (χ3v) is 8.77. The second kappa shape index (κ2) is 11.2. The molecule has 2 aromatic heterocycles. The van der Waals surface area contributed by atoms with Crippen LogP contribution in [-0.2, 0) is 30.9 Å². The van der Waals surface area contributed by atoms with Crippen molar-refractivity contribution < 1.29 is 27.2 Å². The smallest absolute Gasteiger partial charge is 0.269 e. The molecule has 0 atom stereocenters. The molecule has 1 aromatic carbocycles. The largest absolute Gasteiger partial charge is 0.465 e. The molecule has 0 saturated carbocycles. The Labute approximate surface area is 223 Å². The minimum atomic E-state index is -3.66. The number of aromatic nitrogens is 1. The number of anilines is 1. The Bertz CT molecular complexity index is 1590. The fraction of sp³-hybridized carbons (Fsp3) is 0.346. The van der Waals surface area contributed by atoms with Crippen molar-refractivity contribution in [1.29, 1.82) is 0 Å². The van der Waals surface area contributed by atoms with E-state index < -0.39 is 26.9 Å². The Morgan fingerprint density at radius 2 is 1.79 bits per heavy atom. The molecular weight excluding hydrogens is 530 g/mol. The van der Waals surface area contributed by atoms with E-state index in [0.717, 1.165) is 11.3 Å². The Morgan fingerprint density at radius 1 is 1.11 bits per heavy atom. The number of sulfonamides is 1. The minimum Gasteiger partial charge on any atom is -0.465 e. The maximum atomic E-state index is 13.1. The van der Waals surface area contributed by atoms with Gasteiger partial charge in [-0.25, -0.2) is 8.42 Å². The van der Waals surface area contributed by atoms with Crippen LogP contribution in [0.4, 0.5) is 5.69 Å². The molecule has 12 heteroatoms. The van der Waals surface area contributed by atoms with Crippen LogP contribution in [0.3, 0.4) is 0 Å². The van der Waals surface area contributed by atoms with E-state index in [1.807, 2.05) is 0 Å². The molecule has 0 aliphatic carbocycles. The fourth-order valence-corrected chi connectivity index (χ4v) is 6.04. The average Bonchev–Trinajstić information content (AvgIpc) is 3.48. The summed E-state index contributed by atoms with van der Waals surface area (Å²) >= 11 is 1.09. The van der Waals surface area contributed by atoms with Gasteiger partial charge in [-0.05, 0) is 36.4 Å². The topological polar surface area (TPSA) is 128 Å². The fourth-order valence-electron chi connectivity index (χ4n) is 3.61. The number of hydrogen-bond acceptors (Lipinski definition) is 8. The molecule has 1 aliphatic heterocycles. The van der Waals surface area contributed by atoms with E-state index in [2.05, 4.69) is 5.32 Å². The lowest BCUT2D eigenvalue weighted by molar-refractivity contribution is -0.120. The summed E-state index contributed by atoms with van der Waals surface area (Å²) in [6.07, 6.45) is 4.43. The molecule has 0 spiro atoms. The summed E-state index contributed by atoms with van der Waals surface area (Å²) < 4.78 is 39.4. The molecule has 38 heavy (non-hydrogen) atoms. The molecule has 1 saturated heterocycles. The number of amides is 1. The Balaban J connectivity index is 1.58. The van der Waals surface area contributed by atoms with Crippen LogP contribution in [0.2, 0.25) is 0 Å². The highest BCUT2D eigenvalue weighted by atomic mass is 32.2. The van der Waals surface area contributed by atoms with E-state index in [9.17, 15) is 22.8 Å². The number of carbonyl (C=O) groups excluding carboxylic acids is 2. The van der Waals surface area contributed by atoms with Crippen molar-refractivity contribution in [3.05, 3.63) is 68.0 Å². The highest BCUT2D eigenvalue weighted by Gasteiger charge is 2.26. The second-order valence-electron chi connectivity index (χ2n) is 9.70. The number of nitrogens with zero attached hydrogens (tertiary/aromatic N) is 2. The summed E-state index contributed by atoms with van der Waals surface area (Å²) in [5, 5.41) is 2.69. The summed E-state index contributed by atoms with van der Waals surface area (Å²) in [4.78, 5) is 38.8. The Kier molecular flexibility index (Phi) is 8.16. The molecule has 10 nitrogen and oxygen atoms in total.